The van der Waals surface area contributed by atoms with Gasteiger partial charge < -0.3 is 10.0 Å². The first-order valence-electron chi connectivity index (χ1n) is 12.2. The first kappa shape index (κ1) is 25.0. The number of amides is 1. The second-order valence-electron chi connectivity index (χ2n) is 8.64. The van der Waals surface area contributed by atoms with Gasteiger partial charge >= 0.3 is 5.97 Å². The highest BCUT2D eigenvalue weighted by atomic mass is 16.4. The Morgan fingerprint density at radius 2 is 1.32 bits per heavy atom. The molecule has 4 heteroatoms. The zero-order chi connectivity index (χ0) is 20.5. The van der Waals surface area contributed by atoms with Crippen LogP contribution < -0.4 is 0 Å². The molecule has 0 aromatic heterocycles. The molecular formula is C24H45NO3. The van der Waals surface area contributed by atoms with E-state index < -0.39 is 12.0 Å². The molecule has 0 saturated carbocycles. The molecule has 0 bridgehead atoms. The number of carbonyl (C=O) groups is 2. The second kappa shape index (κ2) is 16.9. The Balaban J connectivity index is 2.00. The lowest BCUT2D eigenvalue weighted by Gasteiger charge is -2.27. The fourth-order valence-corrected chi connectivity index (χ4v) is 4.28. The van der Waals surface area contributed by atoms with Crippen LogP contribution in [0.4, 0.5) is 0 Å². The molecule has 1 rings (SSSR count). The molecule has 1 fully saturated rings. The summed E-state index contributed by atoms with van der Waals surface area (Å²) in [4.78, 5) is 25.4. The third kappa shape index (κ3) is 11.7. The largest absolute Gasteiger partial charge is 0.480 e. The van der Waals surface area contributed by atoms with Crippen LogP contribution in [0.1, 0.15) is 129 Å². The smallest absolute Gasteiger partial charge is 0.326 e. The standard InChI is InChI=1S/C24H45NO3/c1-2-3-4-5-6-7-8-9-10-11-12-13-14-16-19-22(24(27)28)25-21-18-15-17-20-23(25)26/h22H,2-21H2,1H3,(H,27,28). The Bertz CT molecular complexity index is 411. The molecular weight excluding hydrogens is 350 g/mol. The van der Waals surface area contributed by atoms with Gasteiger partial charge in [-0.15, -0.1) is 0 Å². The van der Waals surface area contributed by atoms with Crippen LogP contribution in [0.25, 0.3) is 0 Å². The van der Waals surface area contributed by atoms with Crippen molar-refractivity contribution >= 4 is 11.9 Å². The fourth-order valence-electron chi connectivity index (χ4n) is 4.28. The quantitative estimate of drug-likeness (QED) is 0.278. The van der Waals surface area contributed by atoms with E-state index in [0.717, 1.165) is 32.1 Å². The van der Waals surface area contributed by atoms with Gasteiger partial charge in [-0.1, -0.05) is 103 Å². The van der Waals surface area contributed by atoms with E-state index in [-0.39, 0.29) is 5.91 Å². The molecule has 1 N–H and O–H groups in total. The van der Waals surface area contributed by atoms with Crippen LogP contribution in [-0.2, 0) is 9.59 Å². The SMILES string of the molecule is CCCCCCCCCCCCCCCCC(C(=O)O)N1CCCCCC1=O. The van der Waals surface area contributed by atoms with Gasteiger partial charge in [0.05, 0.1) is 0 Å². The van der Waals surface area contributed by atoms with E-state index in [2.05, 4.69) is 6.92 Å². The number of aliphatic carboxylic acids is 1. The molecule has 1 unspecified atom stereocenters. The molecule has 0 aliphatic carbocycles. The molecule has 1 atom stereocenters. The highest BCUT2D eigenvalue weighted by Gasteiger charge is 2.29. The number of carbonyl (C=O) groups excluding carboxylic acids is 1. The summed E-state index contributed by atoms with van der Waals surface area (Å²) >= 11 is 0. The van der Waals surface area contributed by atoms with Crippen LogP contribution in [-0.4, -0.2) is 34.5 Å². The van der Waals surface area contributed by atoms with Gasteiger partial charge in [-0.3, -0.25) is 4.79 Å². The highest BCUT2D eigenvalue weighted by Crippen LogP contribution is 2.19. The molecule has 164 valence electrons. The van der Waals surface area contributed by atoms with Gasteiger partial charge in [0.15, 0.2) is 0 Å². The predicted molar refractivity (Wildman–Crippen MR) is 117 cm³/mol. The van der Waals surface area contributed by atoms with E-state index in [1.807, 2.05) is 0 Å². The van der Waals surface area contributed by atoms with Gasteiger partial charge in [-0.25, -0.2) is 4.79 Å². The number of hydrogen-bond donors (Lipinski definition) is 1. The summed E-state index contributed by atoms with van der Waals surface area (Å²) < 4.78 is 0. The number of carboxylic acid groups (broad SMARTS) is 1. The van der Waals surface area contributed by atoms with Crippen LogP contribution >= 0.6 is 0 Å². The van der Waals surface area contributed by atoms with E-state index in [9.17, 15) is 14.7 Å². The van der Waals surface area contributed by atoms with Gasteiger partial charge in [0.1, 0.15) is 6.04 Å². The van der Waals surface area contributed by atoms with E-state index >= 15 is 0 Å². The molecule has 1 aliphatic rings. The van der Waals surface area contributed by atoms with Crippen LogP contribution in [0.15, 0.2) is 0 Å². The maximum Gasteiger partial charge on any atom is 0.326 e. The summed E-state index contributed by atoms with van der Waals surface area (Å²) in [5, 5.41) is 9.55. The van der Waals surface area contributed by atoms with Crippen molar-refractivity contribution in [3.8, 4) is 0 Å². The summed E-state index contributed by atoms with van der Waals surface area (Å²) in [6, 6.07) is -0.608. The third-order valence-electron chi connectivity index (χ3n) is 6.10. The van der Waals surface area contributed by atoms with E-state index in [4.69, 9.17) is 0 Å². The van der Waals surface area contributed by atoms with Crippen molar-refractivity contribution in [2.75, 3.05) is 6.54 Å². The van der Waals surface area contributed by atoms with Crippen molar-refractivity contribution in [2.45, 2.75) is 135 Å². The van der Waals surface area contributed by atoms with Gasteiger partial charge in [0, 0.05) is 13.0 Å². The number of rotatable bonds is 17. The van der Waals surface area contributed by atoms with Crippen molar-refractivity contribution < 1.29 is 14.7 Å². The highest BCUT2D eigenvalue weighted by molar-refractivity contribution is 5.83. The van der Waals surface area contributed by atoms with E-state index in [1.165, 1.54) is 77.0 Å². The molecule has 0 aromatic rings. The molecule has 1 saturated heterocycles. The molecule has 0 spiro atoms. The summed E-state index contributed by atoms with van der Waals surface area (Å²) in [6.45, 7) is 2.88. The maximum atomic E-state index is 12.2. The molecule has 0 radical (unpaired) electrons. The number of likely N-dealkylation sites (tertiary alicyclic amines) is 1. The Hall–Kier alpha value is -1.06. The Morgan fingerprint density at radius 1 is 0.821 bits per heavy atom. The summed E-state index contributed by atoms with van der Waals surface area (Å²) in [5.41, 5.74) is 0. The van der Waals surface area contributed by atoms with Crippen LogP contribution in [0.3, 0.4) is 0 Å². The first-order valence-corrected chi connectivity index (χ1v) is 12.2. The van der Waals surface area contributed by atoms with E-state index in [1.54, 1.807) is 4.90 Å². The predicted octanol–water partition coefficient (Wildman–Crippen LogP) is 6.71. The van der Waals surface area contributed by atoms with Crippen LogP contribution in [0.2, 0.25) is 0 Å². The molecule has 28 heavy (non-hydrogen) atoms. The molecule has 4 nitrogen and oxygen atoms in total. The number of carboxylic acids is 1. The van der Waals surface area contributed by atoms with Gasteiger partial charge in [-0.05, 0) is 19.3 Å². The van der Waals surface area contributed by atoms with Crippen molar-refractivity contribution in [1.29, 1.82) is 0 Å². The minimum absolute atomic E-state index is 0.0373. The van der Waals surface area contributed by atoms with Gasteiger partial charge in [0.25, 0.3) is 0 Å². The lowest BCUT2D eigenvalue weighted by Crippen LogP contribution is -2.44. The number of nitrogens with zero attached hydrogens (tertiary/aromatic N) is 1. The molecule has 1 aliphatic heterocycles. The summed E-state index contributed by atoms with van der Waals surface area (Å²) in [6.07, 6.45) is 22.2. The van der Waals surface area contributed by atoms with Crippen LogP contribution in [0.5, 0.6) is 0 Å². The van der Waals surface area contributed by atoms with E-state index in [0.29, 0.717) is 19.4 Å². The van der Waals surface area contributed by atoms with Crippen LogP contribution in [0, 0.1) is 0 Å². The van der Waals surface area contributed by atoms with Crippen molar-refractivity contribution in [3.05, 3.63) is 0 Å². The topological polar surface area (TPSA) is 57.6 Å². The monoisotopic (exact) mass is 395 g/mol. The second-order valence-corrected chi connectivity index (χ2v) is 8.64. The average Bonchev–Trinajstić information content (AvgIpc) is 2.89. The first-order chi connectivity index (χ1) is 13.7. The Morgan fingerprint density at radius 3 is 1.82 bits per heavy atom. The number of hydrogen-bond acceptors (Lipinski definition) is 2. The lowest BCUT2D eigenvalue weighted by atomic mass is 10.0. The fraction of sp³-hybridized carbons (Fsp3) is 0.917. The molecule has 1 heterocycles. The normalized spacial score (nSPS) is 16.2. The van der Waals surface area contributed by atoms with Gasteiger partial charge in [0.2, 0.25) is 5.91 Å². The van der Waals surface area contributed by atoms with Crippen molar-refractivity contribution in [1.82, 2.24) is 4.90 Å². The number of unbranched alkanes of at least 4 members (excludes halogenated alkanes) is 13. The lowest BCUT2D eigenvalue weighted by molar-refractivity contribution is -0.150. The Kier molecular flexibility index (Phi) is 15.0. The zero-order valence-electron chi connectivity index (χ0n) is 18.4. The minimum Gasteiger partial charge on any atom is -0.480 e. The zero-order valence-corrected chi connectivity index (χ0v) is 18.4. The van der Waals surface area contributed by atoms with Crippen molar-refractivity contribution in [3.63, 3.8) is 0 Å². The Labute approximate surface area is 173 Å². The van der Waals surface area contributed by atoms with Crippen molar-refractivity contribution in [2.24, 2.45) is 0 Å². The average molecular weight is 396 g/mol. The molecule has 1 amide bonds. The summed E-state index contributed by atoms with van der Waals surface area (Å²) in [7, 11) is 0. The summed E-state index contributed by atoms with van der Waals surface area (Å²) in [5.74, 6) is -0.791. The minimum atomic E-state index is -0.829. The van der Waals surface area contributed by atoms with Gasteiger partial charge in [-0.2, -0.15) is 0 Å². The molecule has 0 aromatic carbocycles. The third-order valence-corrected chi connectivity index (χ3v) is 6.10. The maximum absolute atomic E-state index is 12.2.